The summed E-state index contributed by atoms with van der Waals surface area (Å²) in [7, 11) is 0. The fraction of sp³-hybridized carbons (Fsp3) is 0.259. The second kappa shape index (κ2) is 11.9. The van der Waals surface area contributed by atoms with Gasteiger partial charge in [0.1, 0.15) is 0 Å². The molecule has 0 atom stereocenters. The van der Waals surface area contributed by atoms with Gasteiger partial charge in [0, 0.05) is 42.8 Å². The largest absolute Gasteiger partial charge is 0.379 e. The average molecular weight is 443 g/mol. The van der Waals surface area contributed by atoms with Crippen molar-refractivity contribution in [1.82, 2.24) is 15.2 Å². The van der Waals surface area contributed by atoms with Crippen LogP contribution in [0.4, 0.5) is 11.4 Å². The van der Waals surface area contributed by atoms with Gasteiger partial charge in [-0.3, -0.25) is 14.7 Å². The number of ether oxygens (including phenoxy) is 1. The molecule has 1 aliphatic heterocycles. The highest BCUT2D eigenvalue weighted by Gasteiger charge is 2.10. The molecule has 2 aromatic carbocycles. The number of hydrogen-bond donors (Lipinski definition) is 2. The van der Waals surface area contributed by atoms with Crippen molar-refractivity contribution < 1.29 is 9.53 Å². The van der Waals surface area contributed by atoms with Crippen LogP contribution in [0.1, 0.15) is 28.0 Å². The SMILES string of the molecule is O=C(NCCCN1CCOCC1)c1cccc(Nc2cccc(C=Cc3ccccn3)c2)c1. The highest BCUT2D eigenvalue weighted by Crippen LogP contribution is 2.20. The van der Waals surface area contributed by atoms with Crippen molar-refractivity contribution in [3.63, 3.8) is 0 Å². The molecule has 1 saturated heterocycles. The molecule has 4 rings (SSSR count). The molecule has 2 N–H and O–H groups in total. The Morgan fingerprint density at radius 1 is 0.970 bits per heavy atom. The molecule has 170 valence electrons. The normalized spacial score (nSPS) is 14.3. The average Bonchev–Trinajstić information content (AvgIpc) is 2.87. The molecule has 0 bridgehead atoms. The molecule has 0 spiro atoms. The van der Waals surface area contributed by atoms with Gasteiger partial charge in [0.15, 0.2) is 0 Å². The van der Waals surface area contributed by atoms with Gasteiger partial charge in [-0.2, -0.15) is 0 Å². The van der Waals surface area contributed by atoms with Crippen molar-refractivity contribution in [2.24, 2.45) is 0 Å². The van der Waals surface area contributed by atoms with E-state index in [1.807, 2.05) is 72.8 Å². The number of amides is 1. The van der Waals surface area contributed by atoms with Crippen LogP contribution in [0.2, 0.25) is 0 Å². The Morgan fingerprint density at radius 3 is 2.61 bits per heavy atom. The van der Waals surface area contributed by atoms with Gasteiger partial charge >= 0.3 is 0 Å². The van der Waals surface area contributed by atoms with E-state index in [1.165, 1.54) is 0 Å². The summed E-state index contributed by atoms with van der Waals surface area (Å²) in [5.74, 6) is -0.0485. The van der Waals surface area contributed by atoms with Crippen molar-refractivity contribution in [3.05, 3.63) is 89.7 Å². The zero-order valence-corrected chi connectivity index (χ0v) is 18.7. The van der Waals surface area contributed by atoms with Crippen molar-refractivity contribution >= 4 is 29.4 Å². The summed E-state index contributed by atoms with van der Waals surface area (Å²) in [5.41, 5.74) is 4.47. The smallest absolute Gasteiger partial charge is 0.251 e. The Kier molecular flexibility index (Phi) is 8.22. The highest BCUT2D eigenvalue weighted by atomic mass is 16.5. The second-order valence-corrected chi connectivity index (χ2v) is 7.98. The number of aromatic nitrogens is 1. The summed E-state index contributed by atoms with van der Waals surface area (Å²) >= 11 is 0. The quantitative estimate of drug-likeness (QED) is 0.480. The van der Waals surface area contributed by atoms with E-state index < -0.39 is 0 Å². The van der Waals surface area contributed by atoms with E-state index >= 15 is 0 Å². The van der Waals surface area contributed by atoms with E-state index in [4.69, 9.17) is 4.74 Å². The molecule has 0 aliphatic carbocycles. The summed E-state index contributed by atoms with van der Waals surface area (Å²) in [4.78, 5) is 19.3. The third-order valence-corrected chi connectivity index (χ3v) is 5.47. The minimum absolute atomic E-state index is 0.0485. The molecular formula is C27H30N4O2. The Morgan fingerprint density at radius 2 is 1.79 bits per heavy atom. The minimum atomic E-state index is -0.0485. The van der Waals surface area contributed by atoms with Gasteiger partial charge < -0.3 is 15.4 Å². The molecule has 1 fully saturated rings. The molecule has 6 heteroatoms. The zero-order valence-electron chi connectivity index (χ0n) is 18.7. The van der Waals surface area contributed by atoms with Crippen molar-refractivity contribution in [3.8, 4) is 0 Å². The molecule has 6 nitrogen and oxygen atoms in total. The van der Waals surface area contributed by atoms with Crippen LogP contribution in [0.15, 0.2) is 72.9 Å². The summed E-state index contributed by atoms with van der Waals surface area (Å²) in [6, 6.07) is 21.6. The fourth-order valence-electron chi connectivity index (χ4n) is 3.71. The van der Waals surface area contributed by atoms with Crippen LogP contribution in [0, 0.1) is 0 Å². The monoisotopic (exact) mass is 442 g/mol. The lowest BCUT2D eigenvalue weighted by Crippen LogP contribution is -2.38. The summed E-state index contributed by atoms with van der Waals surface area (Å²) in [6.45, 7) is 5.20. The molecule has 3 aromatic rings. The number of carbonyl (C=O) groups excluding carboxylic acids is 1. The molecule has 0 saturated carbocycles. The molecule has 0 radical (unpaired) electrons. The van der Waals surface area contributed by atoms with Crippen LogP contribution in [0.3, 0.4) is 0 Å². The molecule has 1 aromatic heterocycles. The maximum atomic E-state index is 12.6. The number of morpholine rings is 1. The van der Waals surface area contributed by atoms with Gasteiger partial charge in [0.25, 0.3) is 5.91 Å². The van der Waals surface area contributed by atoms with Crippen LogP contribution in [0.5, 0.6) is 0 Å². The van der Waals surface area contributed by atoms with Crippen LogP contribution in [-0.4, -0.2) is 55.2 Å². The van der Waals surface area contributed by atoms with E-state index in [-0.39, 0.29) is 5.91 Å². The van der Waals surface area contributed by atoms with Crippen LogP contribution in [-0.2, 0) is 4.74 Å². The number of hydrogen-bond acceptors (Lipinski definition) is 5. The van der Waals surface area contributed by atoms with Crippen LogP contribution >= 0.6 is 0 Å². The number of nitrogens with zero attached hydrogens (tertiary/aromatic N) is 2. The van der Waals surface area contributed by atoms with Crippen LogP contribution in [0.25, 0.3) is 12.2 Å². The first-order valence-electron chi connectivity index (χ1n) is 11.4. The second-order valence-electron chi connectivity index (χ2n) is 7.98. The molecule has 2 heterocycles. The molecule has 1 aliphatic rings. The molecule has 33 heavy (non-hydrogen) atoms. The lowest BCUT2D eigenvalue weighted by molar-refractivity contribution is 0.0374. The number of anilines is 2. The van der Waals surface area contributed by atoms with E-state index in [1.54, 1.807) is 6.20 Å². The van der Waals surface area contributed by atoms with E-state index in [2.05, 4.69) is 26.6 Å². The highest BCUT2D eigenvalue weighted by molar-refractivity contribution is 5.95. The number of nitrogens with one attached hydrogen (secondary N) is 2. The third-order valence-electron chi connectivity index (χ3n) is 5.47. The number of benzene rings is 2. The minimum Gasteiger partial charge on any atom is -0.379 e. The topological polar surface area (TPSA) is 66.5 Å². The van der Waals surface area contributed by atoms with Gasteiger partial charge in [-0.15, -0.1) is 0 Å². The van der Waals surface area contributed by atoms with Crippen molar-refractivity contribution in [1.29, 1.82) is 0 Å². The van der Waals surface area contributed by atoms with Crippen molar-refractivity contribution in [2.75, 3.05) is 44.7 Å². The molecule has 1 amide bonds. The lowest BCUT2D eigenvalue weighted by Gasteiger charge is -2.26. The van der Waals surface area contributed by atoms with Gasteiger partial charge in [-0.05, 0) is 67.1 Å². The Bertz CT molecular complexity index is 1060. The van der Waals surface area contributed by atoms with E-state index in [9.17, 15) is 4.79 Å². The Labute approximate surface area is 195 Å². The number of pyridine rings is 1. The zero-order chi connectivity index (χ0) is 22.7. The van der Waals surface area contributed by atoms with E-state index in [0.29, 0.717) is 12.1 Å². The summed E-state index contributed by atoms with van der Waals surface area (Å²) < 4.78 is 5.37. The number of rotatable bonds is 9. The van der Waals surface area contributed by atoms with Gasteiger partial charge in [0.2, 0.25) is 0 Å². The number of carbonyl (C=O) groups is 1. The van der Waals surface area contributed by atoms with Gasteiger partial charge in [-0.25, -0.2) is 0 Å². The van der Waals surface area contributed by atoms with E-state index in [0.717, 1.165) is 61.9 Å². The fourth-order valence-corrected chi connectivity index (χ4v) is 3.71. The predicted octanol–water partition coefficient (Wildman–Crippen LogP) is 4.45. The molecule has 0 unspecified atom stereocenters. The Hall–Kier alpha value is -3.48. The molecular weight excluding hydrogens is 412 g/mol. The first kappa shape index (κ1) is 22.7. The third kappa shape index (κ3) is 7.27. The van der Waals surface area contributed by atoms with Crippen LogP contribution < -0.4 is 10.6 Å². The maximum Gasteiger partial charge on any atom is 0.251 e. The summed E-state index contributed by atoms with van der Waals surface area (Å²) in [6.07, 6.45) is 6.74. The first-order valence-corrected chi connectivity index (χ1v) is 11.4. The first-order chi connectivity index (χ1) is 16.3. The lowest BCUT2D eigenvalue weighted by atomic mass is 10.1. The van der Waals surface area contributed by atoms with Crippen molar-refractivity contribution in [2.45, 2.75) is 6.42 Å². The summed E-state index contributed by atoms with van der Waals surface area (Å²) in [5, 5.41) is 6.43. The van der Waals surface area contributed by atoms with Gasteiger partial charge in [-0.1, -0.05) is 30.3 Å². The Balaban J connectivity index is 1.30. The van der Waals surface area contributed by atoms with Gasteiger partial charge in [0.05, 0.1) is 18.9 Å². The predicted molar refractivity (Wildman–Crippen MR) is 134 cm³/mol. The standard InChI is InChI=1S/C27H30N4O2/c32-27(29-14-5-15-31-16-18-33-19-17-31)23-7-4-10-26(21-23)30-25-9-3-6-22(20-25)11-12-24-8-1-2-13-28-24/h1-4,6-13,20-21,30H,5,14-19H2,(H,29,32). The maximum absolute atomic E-state index is 12.6.